The van der Waals surface area contributed by atoms with Crippen LogP contribution >= 0.6 is 11.6 Å². The van der Waals surface area contributed by atoms with Crippen molar-refractivity contribution in [2.24, 2.45) is 0 Å². The molecule has 7 rings (SSSR count). The molecule has 162 valence electrons. The van der Waals surface area contributed by atoms with Crippen LogP contribution in [0, 0.1) is 5.82 Å². The zero-order chi connectivity index (χ0) is 21.8. The van der Waals surface area contributed by atoms with E-state index in [-0.39, 0.29) is 17.1 Å². The number of nitrogens with zero attached hydrogens (tertiary/aromatic N) is 3. The summed E-state index contributed by atoms with van der Waals surface area (Å²) in [6.07, 6.45) is 8.32. The van der Waals surface area contributed by atoms with Crippen molar-refractivity contribution in [1.29, 1.82) is 0 Å². The molecule has 4 aliphatic rings. The summed E-state index contributed by atoms with van der Waals surface area (Å²) in [5, 5.41) is 0.0563. The maximum absolute atomic E-state index is 14.3. The second-order valence-electron chi connectivity index (χ2n) is 8.62. The number of pyridine rings is 2. The monoisotopic (exact) mass is 449 g/mol. The first-order valence-electron chi connectivity index (χ1n) is 10.8. The fraction of sp³-hybridized carbons (Fsp3) is 0.280. The van der Waals surface area contributed by atoms with Gasteiger partial charge >= 0.3 is 0 Å². The minimum atomic E-state index is -0.489. The quantitative estimate of drug-likeness (QED) is 0.603. The van der Waals surface area contributed by atoms with Crippen LogP contribution < -0.4 is 10.5 Å². The van der Waals surface area contributed by atoms with E-state index in [0.29, 0.717) is 17.8 Å². The fourth-order valence-corrected chi connectivity index (χ4v) is 5.05. The Morgan fingerprint density at radius 2 is 2.00 bits per heavy atom. The minimum absolute atomic E-state index is 0.0563. The highest BCUT2D eigenvalue weighted by molar-refractivity contribution is 6.30. The lowest BCUT2D eigenvalue weighted by Crippen LogP contribution is -2.57. The van der Waals surface area contributed by atoms with Crippen LogP contribution in [0.15, 0.2) is 59.7 Å². The van der Waals surface area contributed by atoms with Crippen LogP contribution in [0.4, 0.5) is 10.1 Å². The van der Waals surface area contributed by atoms with E-state index < -0.39 is 5.82 Å². The number of fused-ring (bicyclic) bond motifs is 3. The third-order valence-corrected chi connectivity index (χ3v) is 6.84. The minimum Gasteiger partial charge on any atom is -0.371 e. The van der Waals surface area contributed by atoms with E-state index in [1.54, 1.807) is 24.4 Å². The molecule has 3 fully saturated rings. The zero-order valence-electron chi connectivity index (χ0n) is 17.3. The Hall–Kier alpha value is -2.96. The van der Waals surface area contributed by atoms with Gasteiger partial charge in [-0.15, -0.1) is 0 Å². The molecule has 7 heteroatoms. The van der Waals surface area contributed by atoms with Crippen LogP contribution in [-0.4, -0.2) is 34.8 Å². The third kappa shape index (κ3) is 3.34. The Kier molecular flexibility index (Phi) is 4.66. The smallest absolute Gasteiger partial charge is 0.251 e. The van der Waals surface area contributed by atoms with Gasteiger partial charge in [-0.05, 0) is 29.3 Å². The third-order valence-electron chi connectivity index (χ3n) is 6.55. The maximum Gasteiger partial charge on any atom is 0.251 e. The van der Waals surface area contributed by atoms with Crippen LogP contribution in [0.5, 0.6) is 0 Å². The van der Waals surface area contributed by atoms with E-state index in [9.17, 15) is 9.18 Å². The number of hydrogen-bond acceptors (Lipinski definition) is 4. The number of morpholine rings is 1. The summed E-state index contributed by atoms with van der Waals surface area (Å²) in [7, 11) is 0. The van der Waals surface area contributed by atoms with E-state index in [1.807, 2.05) is 12.3 Å². The number of rotatable bonds is 4. The van der Waals surface area contributed by atoms with Gasteiger partial charge in [-0.1, -0.05) is 29.8 Å². The largest absolute Gasteiger partial charge is 0.371 e. The lowest BCUT2D eigenvalue weighted by atomic mass is 9.97. The maximum atomic E-state index is 14.3. The molecule has 0 saturated carbocycles. The number of piperidine rings is 1. The number of halogens is 2. The van der Waals surface area contributed by atoms with Gasteiger partial charge in [0.2, 0.25) is 0 Å². The molecule has 5 heterocycles. The molecule has 2 aromatic heterocycles. The molecule has 0 radical (unpaired) electrons. The first-order valence-corrected chi connectivity index (χ1v) is 11.2. The number of aromatic nitrogens is 2. The number of hydrogen-bond donors (Lipinski definition) is 0. The van der Waals surface area contributed by atoms with Crippen LogP contribution in [-0.2, 0) is 17.7 Å². The van der Waals surface area contributed by atoms with Gasteiger partial charge in [-0.2, -0.15) is 0 Å². The van der Waals surface area contributed by atoms with Gasteiger partial charge in [0.05, 0.1) is 41.4 Å². The second-order valence-corrected chi connectivity index (χ2v) is 9.03. The van der Waals surface area contributed by atoms with E-state index in [0.717, 1.165) is 54.0 Å². The zero-order valence-corrected chi connectivity index (χ0v) is 18.1. The van der Waals surface area contributed by atoms with Crippen molar-refractivity contribution in [3.05, 3.63) is 98.4 Å². The molecule has 3 aromatic rings. The van der Waals surface area contributed by atoms with Crippen LogP contribution in [0.3, 0.4) is 0 Å². The molecule has 3 aliphatic heterocycles. The molecule has 0 N–H and O–H groups in total. The van der Waals surface area contributed by atoms with E-state index in [4.69, 9.17) is 21.3 Å². The summed E-state index contributed by atoms with van der Waals surface area (Å²) in [5.41, 5.74) is 5.25. The topological polar surface area (TPSA) is 47.4 Å². The summed E-state index contributed by atoms with van der Waals surface area (Å²) in [4.78, 5) is 19.8. The Morgan fingerprint density at radius 1 is 1.19 bits per heavy atom. The Balaban J connectivity index is 1.28. The average Bonchev–Trinajstić information content (AvgIpc) is 3.21. The standard InChI is InChI=1S/C25H21ClFN3O2/c26-22-3-1-2-16(25(22)27)12-29-7-6-15(8-24(29)31)20-4-5-23-21(20)9-17(11-28-23)30-13-18-10-19(14-30)32-18/h1-4,6-9,11,18-19H,5,10,12-14H2. The second kappa shape index (κ2) is 7.57. The first-order chi connectivity index (χ1) is 15.5. The van der Waals surface area contributed by atoms with Crippen LogP contribution in [0.2, 0.25) is 5.02 Å². The lowest BCUT2D eigenvalue weighted by Gasteiger charge is -2.47. The number of ether oxygens (including phenoxy) is 1. The molecule has 1 aliphatic carbocycles. The Bertz CT molecular complexity index is 1300. The van der Waals surface area contributed by atoms with Crippen molar-refractivity contribution < 1.29 is 9.13 Å². The Morgan fingerprint density at radius 3 is 2.78 bits per heavy atom. The molecule has 2 unspecified atom stereocenters. The molecular formula is C25H21ClFN3O2. The van der Waals surface area contributed by atoms with Gasteiger partial charge in [-0.3, -0.25) is 9.78 Å². The SMILES string of the molecule is O=c1cc(C2=CCc3ncc(N4CC5CC(C4)O5)cc32)ccn1Cc1cccc(Cl)c1F. The Labute approximate surface area is 189 Å². The van der Waals surface area contributed by atoms with Crippen molar-refractivity contribution >= 4 is 22.9 Å². The van der Waals surface area contributed by atoms with Gasteiger partial charge < -0.3 is 14.2 Å². The summed E-state index contributed by atoms with van der Waals surface area (Å²) in [6, 6.07) is 10.5. The normalized spacial score (nSPS) is 21.2. The molecule has 0 spiro atoms. The van der Waals surface area contributed by atoms with Gasteiger partial charge in [0.1, 0.15) is 5.82 Å². The molecular weight excluding hydrogens is 429 g/mol. The number of anilines is 1. The molecule has 32 heavy (non-hydrogen) atoms. The predicted octanol–water partition coefficient (Wildman–Crippen LogP) is 4.05. The number of allylic oxidation sites excluding steroid dienone is 1. The van der Waals surface area contributed by atoms with E-state index in [1.165, 1.54) is 10.6 Å². The fourth-order valence-electron chi connectivity index (χ4n) is 4.86. The molecule has 1 aromatic carbocycles. The van der Waals surface area contributed by atoms with Crippen molar-refractivity contribution in [2.75, 3.05) is 18.0 Å². The van der Waals surface area contributed by atoms with Crippen LogP contribution in [0.1, 0.15) is 28.8 Å². The van der Waals surface area contributed by atoms with Crippen molar-refractivity contribution in [3.63, 3.8) is 0 Å². The molecule has 2 bridgehead atoms. The van der Waals surface area contributed by atoms with Crippen molar-refractivity contribution in [2.45, 2.75) is 31.6 Å². The summed E-state index contributed by atoms with van der Waals surface area (Å²) >= 11 is 5.87. The van der Waals surface area contributed by atoms with E-state index >= 15 is 0 Å². The van der Waals surface area contributed by atoms with Crippen molar-refractivity contribution in [1.82, 2.24) is 9.55 Å². The number of benzene rings is 1. The predicted molar refractivity (Wildman–Crippen MR) is 122 cm³/mol. The highest BCUT2D eigenvalue weighted by atomic mass is 35.5. The molecule has 5 nitrogen and oxygen atoms in total. The van der Waals surface area contributed by atoms with E-state index in [2.05, 4.69) is 17.0 Å². The van der Waals surface area contributed by atoms with Crippen LogP contribution in [0.25, 0.3) is 5.57 Å². The lowest BCUT2D eigenvalue weighted by molar-refractivity contribution is -0.133. The highest BCUT2D eigenvalue weighted by Crippen LogP contribution is 2.36. The van der Waals surface area contributed by atoms with Gasteiger partial charge in [0, 0.05) is 49.3 Å². The first kappa shape index (κ1) is 19.7. The van der Waals surface area contributed by atoms with Gasteiger partial charge in [-0.25, -0.2) is 4.39 Å². The summed E-state index contributed by atoms with van der Waals surface area (Å²) < 4.78 is 21.5. The highest BCUT2D eigenvalue weighted by Gasteiger charge is 2.38. The van der Waals surface area contributed by atoms with Gasteiger partial charge in [0.25, 0.3) is 5.56 Å². The average molecular weight is 450 g/mol. The molecule has 2 atom stereocenters. The van der Waals surface area contributed by atoms with Gasteiger partial charge in [0.15, 0.2) is 0 Å². The summed E-state index contributed by atoms with van der Waals surface area (Å²) in [6.45, 7) is 1.92. The molecule has 0 amide bonds. The molecule has 3 saturated heterocycles. The van der Waals surface area contributed by atoms with Crippen molar-refractivity contribution in [3.8, 4) is 0 Å². The summed E-state index contributed by atoms with van der Waals surface area (Å²) in [5.74, 6) is -0.489.